The Bertz CT molecular complexity index is 4980. The molecule has 4 aliphatic rings. The van der Waals surface area contributed by atoms with Gasteiger partial charge in [-0.15, -0.1) is 0 Å². The Labute approximate surface area is 693 Å². The third-order valence-corrected chi connectivity index (χ3v) is 17.9. The lowest BCUT2D eigenvalue weighted by molar-refractivity contribution is -0.146. The molecule has 4 aliphatic carbocycles. The molecule has 0 saturated heterocycles. The van der Waals surface area contributed by atoms with Gasteiger partial charge in [0.2, 0.25) is 11.7 Å². The minimum Gasteiger partial charge on any atom is -0.481 e. The molecule has 618 valence electrons. The van der Waals surface area contributed by atoms with Crippen LogP contribution in [0.2, 0.25) is 0 Å². The smallest absolute Gasteiger partial charge is 0.360 e. The van der Waals surface area contributed by atoms with Crippen LogP contribution in [0.4, 0.5) is 0 Å². The van der Waals surface area contributed by atoms with Gasteiger partial charge in [0, 0.05) is 63.1 Å². The third-order valence-electron chi connectivity index (χ3n) is 17.7. The normalized spacial score (nSPS) is 13.3. The Kier molecular flexibility index (Phi) is 36.4. The summed E-state index contributed by atoms with van der Waals surface area (Å²) in [6.07, 6.45) is 7.64. The lowest BCUT2D eigenvalue weighted by Gasteiger charge is -2.16. The Hall–Kier alpha value is -13.5. The molecule has 2 heterocycles. The van der Waals surface area contributed by atoms with Gasteiger partial charge in [0.15, 0.2) is 58.3 Å². The maximum Gasteiger partial charge on any atom is 0.360 e. The van der Waals surface area contributed by atoms with Gasteiger partial charge in [-0.25, -0.2) is 24.4 Å². The van der Waals surface area contributed by atoms with E-state index in [1.807, 2.05) is 158 Å². The van der Waals surface area contributed by atoms with Crippen LogP contribution in [0, 0.1) is 11.8 Å². The van der Waals surface area contributed by atoms with E-state index in [9.17, 15) is 57.5 Å². The van der Waals surface area contributed by atoms with E-state index >= 15 is 0 Å². The molecule has 8 aromatic carbocycles. The Morgan fingerprint density at radius 1 is 0.471 bits per heavy atom. The molecule has 0 spiro atoms. The molecule has 26 nitrogen and oxygen atoms in total. The number of Topliss-reactive ketones (excluding diaryl/α,β-unsaturated/α-hetero) is 3. The summed E-state index contributed by atoms with van der Waals surface area (Å²) >= 11 is 5.16. The molecule has 3 unspecified atom stereocenters. The van der Waals surface area contributed by atoms with Crippen LogP contribution in [0.3, 0.4) is 0 Å². The number of hydrogen-bond acceptors (Lipinski definition) is 22. The van der Waals surface area contributed by atoms with E-state index in [0.717, 1.165) is 79.3 Å². The van der Waals surface area contributed by atoms with Crippen LogP contribution >= 0.6 is 11.6 Å². The third kappa shape index (κ3) is 30.0. The van der Waals surface area contributed by atoms with Gasteiger partial charge in [-0.05, 0) is 96.2 Å². The summed E-state index contributed by atoms with van der Waals surface area (Å²) in [4.78, 5) is 153. The van der Waals surface area contributed by atoms with E-state index in [1.165, 1.54) is 0 Å². The van der Waals surface area contributed by atoms with Crippen molar-refractivity contribution in [2.24, 2.45) is 28.3 Å². The molecule has 10 aromatic rings. The number of carboxylic acid groups (broad SMARTS) is 1. The van der Waals surface area contributed by atoms with Gasteiger partial charge in [-0.2, -0.15) is 0 Å². The number of ketones is 3. The van der Waals surface area contributed by atoms with Crippen molar-refractivity contribution < 1.29 is 90.4 Å². The minimum absolute atomic E-state index is 0.0185. The second-order valence-corrected chi connectivity index (χ2v) is 27.4. The maximum atomic E-state index is 13.1. The summed E-state index contributed by atoms with van der Waals surface area (Å²) in [5, 5.41) is 12.8. The minimum atomic E-state index is -1.26. The van der Waals surface area contributed by atoms with Gasteiger partial charge in [0.05, 0.1) is 38.1 Å². The predicted octanol–water partition coefficient (Wildman–Crippen LogP) is 13.7. The zero-order valence-corrected chi connectivity index (χ0v) is 67.0. The number of amides is 3. The number of aliphatic imine (C=N–C) groups is 1. The largest absolute Gasteiger partial charge is 0.481 e. The van der Waals surface area contributed by atoms with Crippen molar-refractivity contribution in [2.75, 3.05) is 33.0 Å². The van der Waals surface area contributed by atoms with Crippen LogP contribution in [0.1, 0.15) is 171 Å². The van der Waals surface area contributed by atoms with Crippen LogP contribution in [-0.4, -0.2) is 142 Å². The number of primary amides is 1. The van der Waals surface area contributed by atoms with Crippen molar-refractivity contribution in [2.45, 2.75) is 115 Å². The van der Waals surface area contributed by atoms with Crippen LogP contribution in [-0.2, 0) is 58.9 Å². The molecule has 4 fully saturated rings. The monoisotopic (exact) mass is 1640 g/mol. The number of aliphatic carboxylic acids is 1. The number of esters is 4. The molecule has 7 N–H and O–H groups in total. The highest BCUT2D eigenvalue weighted by atomic mass is 35.5. The van der Waals surface area contributed by atoms with E-state index in [4.69, 9.17) is 51.2 Å². The number of oxazole rings is 2. The van der Waals surface area contributed by atoms with Crippen LogP contribution in [0.25, 0.3) is 22.6 Å². The van der Waals surface area contributed by atoms with Gasteiger partial charge >= 0.3 is 29.8 Å². The standard InChI is InChI=1S/C23H21N3O4.C17H17NO2.C15H17NO4.C15H15NO3.C11H13NO3.C7H5ClO.C4H6O2/c24-21(28)19(27)17(13-14-7-3-1-4-8-14)25-22(29)18-20(15-9-5-2-6-10-15)30-23(26-18)16-11-12-16;1-2-20-16(19)13-18-17(14-9-5-3-6-10-14)15-11-7-4-8-12-15;1-2-20-15(19)12(16-14(18)11-8-9-11)13(17)10-6-4-3-5-7-10;1-2-18-15(17)12-13(10-6-4-3-5-7-10)19-14(16-12)11-8-9-11;1-2-15-11(14)9(12)10(13)8-6-4-3-5-7-8;8-7(9)6-4-2-1-3-5-6;5-4(6)3-1-2-3/h1-10,16-17H,11-13H2,(H2,24,28)(H,25,29);3-12H,2,13H2,1H3;3-7,11-12H,2,8-9H2,1H3,(H,16,18);3-7,11H,2,8-9H2,1H3;3-7,9H,2,12H2,1H3;1-5H;3H,1-2H2,(H,5,6). The van der Waals surface area contributed by atoms with Crippen LogP contribution < -0.4 is 22.1 Å². The van der Waals surface area contributed by atoms with Crippen molar-refractivity contribution >= 4 is 87.5 Å². The Morgan fingerprint density at radius 3 is 1.24 bits per heavy atom. The molecule has 27 heteroatoms. The van der Waals surface area contributed by atoms with Crippen molar-refractivity contribution in [3.8, 4) is 22.6 Å². The summed E-state index contributed by atoms with van der Waals surface area (Å²) < 4.78 is 31.2. The first-order chi connectivity index (χ1) is 57.5. The highest BCUT2D eigenvalue weighted by Crippen LogP contribution is 2.43. The SMILES string of the molecule is CCOC(=O)C(N)C(=O)c1ccccc1.CCOC(=O)C(NC(=O)C1CC1)C(=O)c1ccccc1.CCOC(=O)CN=C(c1ccccc1)c1ccccc1.CCOC(=O)c1nc(C2CC2)oc1-c1ccccc1.NC(=O)C(=O)C(Cc1ccccc1)NC(=O)c1nc(C2CC2)oc1-c1ccccc1.O=C(Cl)c1ccccc1.O=C(O)C1CC1. The van der Waals surface area contributed by atoms with Gasteiger partial charge in [-0.3, -0.25) is 48.1 Å². The topological polar surface area (TPSA) is 403 Å². The van der Waals surface area contributed by atoms with Crippen LogP contribution in [0.5, 0.6) is 0 Å². The number of nitrogens with zero attached hydrogens (tertiary/aromatic N) is 3. The zero-order valence-electron chi connectivity index (χ0n) is 66.2. The molecule has 3 atom stereocenters. The van der Waals surface area contributed by atoms with E-state index in [2.05, 4.69) is 30.3 Å². The molecule has 0 aliphatic heterocycles. The number of carboxylic acids is 1. The number of benzene rings is 8. The average Bonchev–Trinajstić information content (AvgIpc) is 1.64. The van der Waals surface area contributed by atoms with Gasteiger partial charge in [0.1, 0.15) is 12.6 Å². The highest BCUT2D eigenvalue weighted by Gasteiger charge is 2.38. The number of carbonyl (C=O) groups is 12. The maximum absolute atomic E-state index is 13.1. The van der Waals surface area contributed by atoms with Crippen LogP contribution in [0.15, 0.2) is 256 Å². The van der Waals surface area contributed by atoms with E-state index in [0.29, 0.717) is 64.7 Å². The second-order valence-electron chi connectivity index (χ2n) is 27.0. The molecule has 0 radical (unpaired) electrons. The van der Waals surface area contributed by atoms with E-state index in [-0.39, 0.29) is 67.2 Å². The predicted molar refractivity (Wildman–Crippen MR) is 444 cm³/mol. The van der Waals surface area contributed by atoms with Crippen molar-refractivity contribution in [3.05, 3.63) is 299 Å². The lowest BCUT2D eigenvalue weighted by atomic mass is 10.0. The number of rotatable bonds is 29. The van der Waals surface area contributed by atoms with E-state index < -0.39 is 76.4 Å². The van der Waals surface area contributed by atoms with Crippen molar-refractivity contribution in [3.63, 3.8) is 0 Å². The summed E-state index contributed by atoms with van der Waals surface area (Å²) in [6.45, 7) is 8.01. The molecule has 14 rings (SSSR count). The molecular formula is C92H94ClN7O19. The summed E-state index contributed by atoms with van der Waals surface area (Å²) in [7, 11) is 0. The summed E-state index contributed by atoms with van der Waals surface area (Å²) in [5.41, 5.74) is 17.5. The van der Waals surface area contributed by atoms with Crippen molar-refractivity contribution in [1.82, 2.24) is 20.6 Å². The fourth-order valence-corrected chi connectivity index (χ4v) is 11.1. The molecule has 4 saturated carbocycles. The first-order valence-electron chi connectivity index (χ1n) is 38.9. The molecule has 119 heavy (non-hydrogen) atoms. The molecule has 0 bridgehead atoms. The number of aromatic nitrogens is 2. The highest BCUT2D eigenvalue weighted by molar-refractivity contribution is 6.67. The quantitative estimate of drug-likeness (QED) is 0.00553. The molecule has 3 amide bonds. The van der Waals surface area contributed by atoms with Crippen molar-refractivity contribution in [1.29, 1.82) is 0 Å². The van der Waals surface area contributed by atoms with Gasteiger partial charge in [-0.1, -0.05) is 243 Å². The lowest BCUT2D eigenvalue weighted by Crippen LogP contribution is -2.48. The van der Waals surface area contributed by atoms with Gasteiger partial charge < -0.3 is 55.0 Å². The number of nitrogens with one attached hydrogen (secondary N) is 2. The number of hydrogen-bond donors (Lipinski definition) is 5. The van der Waals surface area contributed by atoms with Gasteiger partial charge in [0.25, 0.3) is 17.1 Å². The molecule has 2 aromatic heterocycles. The average molecular weight is 1640 g/mol. The number of ether oxygens (including phenoxy) is 4. The number of halogens is 1. The fraction of sp³-hybridized carbons (Fsp3) is 0.272. The Morgan fingerprint density at radius 2 is 0.857 bits per heavy atom. The van der Waals surface area contributed by atoms with E-state index in [1.54, 1.807) is 113 Å². The first-order valence-corrected chi connectivity index (χ1v) is 39.3. The number of carbonyl (C=O) groups excluding carboxylic acids is 11. The number of nitrogens with two attached hydrogens (primary N) is 2. The first kappa shape index (κ1) is 91.1. The Balaban J connectivity index is 0.000000180. The fourth-order valence-electron chi connectivity index (χ4n) is 10.9. The summed E-state index contributed by atoms with van der Waals surface area (Å²) in [5.74, 6) is -3.88. The summed E-state index contributed by atoms with van der Waals surface area (Å²) in [6, 6.07) is 69.5. The second kappa shape index (κ2) is 47.5. The zero-order chi connectivity index (χ0) is 85.6. The molecular weight excluding hydrogens is 1540 g/mol.